The van der Waals surface area contributed by atoms with E-state index >= 15 is 0 Å². The van der Waals surface area contributed by atoms with Gasteiger partial charge in [0, 0.05) is 5.39 Å². The van der Waals surface area contributed by atoms with Gasteiger partial charge in [-0.2, -0.15) is 0 Å². The van der Waals surface area contributed by atoms with Crippen LogP contribution in [0.15, 0.2) is 95.1 Å². The fraction of sp³-hybridized carbons (Fsp3) is 0.111. The third kappa shape index (κ3) is 5.49. The highest BCUT2D eigenvalue weighted by molar-refractivity contribution is 5.98. The van der Waals surface area contributed by atoms with Crippen LogP contribution in [0.3, 0.4) is 0 Å². The summed E-state index contributed by atoms with van der Waals surface area (Å²) in [5, 5.41) is 4.89. The summed E-state index contributed by atoms with van der Waals surface area (Å²) in [4.78, 5) is 24.7. The molecular formula is C27H23NO5. The monoisotopic (exact) mass is 441 g/mol. The number of carbonyl (C=O) groups excluding carboxylic acids is 2. The lowest BCUT2D eigenvalue weighted by molar-refractivity contribution is -0.118. The van der Waals surface area contributed by atoms with Crippen LogP contribution >= 0.6 is 0 Å². The van der Waals surface area contributed by atoms with Gasteiger partial charge in [0.1, 0.15) is 18.1 Å². The molecule has 0 saturated carbocycles. The van der Waals surface area contributed by atoms with Crippen LogP contribution in [0.1, 0.15) is 21.7 Å². The fourth-order valence-electron chi connectivity index (χ4n) is 3.38. The van der Waals surface area contributed by atoms with Crippen molar-refractivity contribution in [1.82, 2.24) is 5.32 Å². The summed E-state index contributed by atoms with van der Waals surface area (Å²) < 4.78 is 16.1. The van der Waals surface area contributed by atoms with Gasteiger partial charge in [0.2, 0.25) is 0 Å². The Morgan fingerprint density at radius 3 is 2.48 bits per heavy atom. The van der Waals surface area contributed by atoms with Crippen LogP contribution in [-0.4, -0.2) is 25.6 Å². The molecule has 4 aromatic rings. The second-order valence-corrected chi connectivity index (χ2v) is 7.31. The van der Waals surface area contributed by atoms with Gasteiger partial charge in [-0.15, -0.1) is 0 Å². The van der Waals surface area contributed by atoms with Gasteiger partial charge in [0.15, 0.2) is 0 Å². The number of benzene rings is 3. The van der Waals surface area contributed by atoms with E-state index in [-0.39, 0.29) is 19.1 Å². The molecule has 1 aromatic heterocycles. The maximum atomic E-state index is 13.0. The summed E-state index contributed by atoms with van der Waals surface area (Å²) in [5.74, 6) is 0.656. The number of esters is 1. The van der Waals surface area contributed by atoms with Crippen molar-refractivity contribution in [1.29, 1.82) is 0 Å². The van der Waals surface area contributed by atoms with Crippen LogP contribution in [0, 0.1) is 0 Å². The first-order valence-corrected chi connectivity index (χ1v) is 10.4. The summed E-state index contributed by atoms with van der Waals surface area (Å²) in [6, 6.07) is 24.1. The Labute approximate surface area is 191 Å². The van der Waals surface area contributed by atoms with Crippen LogP contribution in [0.2, 0.25) is 0 Å². The van der Waals surface area contributed by atoms with Crippen LogP contribution in [-0.2, 0) is 16.1 Å². The van der Waals surface area contributed by atoms with E-state index < -0.39 is 5.97 Å². The molecule has 6 nitrogen and oxygen atoms in total. The lowest BCUT2D eigenvalue weighted by atomic mass is 10.1. The number of fused-ring (bicyclic) bond motifs is 1. The average molecular weight is 441 g/mol. The van der Waals surface area contributed by atoms with Crippen molar-refractivity contribution in [2.75, 3.05) is 13.7 Å². The molecule has 166 valence electrons. The molecule has 0 aliphatic carbocycles. The molecule has 3 aromatic carbocycles. The molecule has 0 spiro atoms. The molecule has 0 unspecified atom stereocenters. The summed E-state index contributed by atoms with van der Waals surface area (Å²) in [6.45, 7) is 0.329. The third-order valence-corrected chi connectivity index (χ3v) is 5.10. The number of hydrogen-bond donors (Lipinski definition) is 1. The Hall–Kier alpha value is -4.32. The number of amides is 1. The topological polar surface area (TPSA) is 77.8 Å². The van der Waals surface area contributed by atoms with Gasteiger partial charge in [0.05, 0.1) is 31.1 Å². The van der Waals surface area contributed by atoms with Crippen molar-refractivity contribution >= 4 is 28.7 Å². The average Bonchev–Trinajstić information content (AvgIpc) is 3.38. The van der Waals surface area contributed by atoms with Crippen molar-refractivity contribution in [3.63, 3.8) is 0 Å². The molecule has 0 bridgehead atoms. The number of rotatable bonds is 8. The third-order valence-electron chi connectivity index (χ3n) is 5.10. The second kappa shape index (κ2) is 10.3. The molecule has 0 aliphatic rings. The largest absolute Gasteiger partial charge is 0.488 e. The lowest BCUT2D eigenvalue weighted by Gasteiger charge is -2.12. The van der Waals surface area contributed by atoms with Gasteiger partial charge in [-0.1, -0.05) is 48.5 Å². The van der Waals surface area contributed by atoms with E-state index in [0.29, 0.717) is 22.6 Å². The molecule has 1 N–H and O–H groups in total. The Bertz CT molecular complexity index is 1270. The van der Waals surface area contributed by atoms with Crippen LogP contribution in [0.4, 0.5) is 0 Å². The molecule has 0 aliphatic heterocycles. The van der Waals surface area contributed by atoms with E-state index in [1.165, 1.54) is 7.11 Å². The van der Waals surface area contributed by atoms with Crippen LogP contribution in [0.5, 0.6) is 5.75 Å². The van der Waals surface area contributed by atoms with Crippen molar-refractivity contribution < 1.29 is 23.5 Å². The minimum atomic E-state index is -0.416. The fourth-order valence-corrected chi connectivity index (χ4v) is 3.38. The summed E-state index contributed by atoms with van der Waals surface area (Å²) in [5.41, 5.74) is 1.62. The Morgan fingerprint density at radius 1 is 0.939 bits per heavy atom. The number of furan rings is 1. The highest BCUT2D eigenvalue weighted by Gasteiger charge is 2.13. The smallest absolute Gasteiger partial charge is 0.337 e. The van der Waals surface area contributed by atoms with Crippen molar-refractivity contribution in [2.45, 2.75) is 6.54 Å². The number of ether oxygens (including phenoxy) is 2. The first-order valence-electron chi connectivity index (χ1n) is 10.4. The molecule has 0 saturated heterocycles. The maximum Gasteiger partial charge on any atom is 0.337 e. The minimum absolute atomic E-state index is 0.0662. The van der Waals surface area contributed by atoms with Gasteiger partial charge in [-0.3, -0.25) is 4.79 Å². The summed E-state index contributed by atoms with van der Waals surface area (Å²) >= 11 is 0. The van der Waals surface area contributed by atoms with Crippen LogP contribution in [0.25, 0.3) is 16.8 Å². The van der Waals surface area contributed by atoms with Gasteiger partial charge in [-0.05, 0) is 47.4 Å². The predicted octanol–water partition coefficient (Wildman–Crippen LogP) is 5.00. The van der Waals surface area contributed by atoms with E-state index in [0.717, 1.165) is 16.3 Å². The van der Waals surface area contributed by atoms with E-state index in [1.54, 1.807) is 48.7 Å². The van der Waals surface area contributed by atoms with Gasteiger partial charge >= 0.3 is 5.97 Å². The number of nitrogens with one attached hydrogen (secondary N) is 1. The molecule has 1 heterocycles. The van der Waals surface area contributed by atoms with Crippen molar-refractivity contribution in [2.24, 2.45) is 0 Å². The quantitative estimate of drug-likeness (QED) is 0.308. The lowest BCUT2D eigenvalue weighted by Crippen LogP contribution is -2.27. The molecule has 1 amide bonds. The normalized spacial score (nSPS) is 11.2. The van der Waals surface area contributed by atoms with E-state index in [2.05, 4.69) is 5.32 Å². The Balaban J connectivity index is 1.56. The molecule has 0 fully saturated rings. The minimum Gasteiger partial charge on any atom is -0.488 e. The van der Waals surface area contributed by atoms with E-state index in [4.69, 9.17) is 13.9 Å². The van der Waals surface area contributed by atoms with Crippen molar-refractivity contribution in [3.05, 3.63) is 108 Å². The molecule has 6 heteroatoms. The SMILES string of the molecule is COC(=O)c1ccc(/C=C(\COc2cccc3ccccc23)C(=O)NCc2ccco2)cc1. The molecular weight excluding hydrogens is 418 g/mol. The maximum absolute atomic E-state index is 13.0. The second-order valence-electron chi connectivity index (χ2n) is 7.31. The Morgan fingerprint density at radius 2 is 1.73 bits per heavy atom. The van der Waals surface area contributed by atoms with Gasteiger partial charge in [0.25, 0.3) is 5.91 Å². The molecule has 4 rings (SSSR count). The first kappa shape index (κ1) is 21.9. The van der Waals surface area contributed by atoms with E-state index in [9.17, 15) is 9.59 Å². The number of carbonyl (C=O) groups is 2. The molecule has 33 heavy (non-hydrogen) atoms. The number of methoxy groups -OCH3 is 1. The predicted molar refractivity (Wildman–Crippen MR) is 126 cm³/mol. The van der Waals surface area contributed by atoms with E-state index in [1.807, 2.05) is 42.5 Å². The highest BCUT2D eigenvalue weighted by atomic mass is 16.5. The summed E-state index contributed by atoms with van der Waals surface area (Å²) in [7, 11) is 1.34. The zero-order valence-electron chi connectivity index (χ0n) is 18.1. The molecule has 0 radical (unpaired) electrons. The zero-order chi connectivity index (χ0) is 23.0. The number of hydrogen-bond acceptors (Lipinski definition) is 5. The highest BCUT2D eigenvalue weighted by Crippen LogP contribution is 2.25. The molecule has 0 atom stereocenters. The summed E-state index contributed by atoms with van der Waals surface area (Å²) in [6.07, 6.45) is 3.30. The zero-order valence-corrected chi connectivity index (χ0v) is 18.1. The van der Waals surface area contributed by atoms with Gasteiger partial charge in [-0.25, -0.2) is 4.79 Å². The van der Waals surface area contributed by atoms with Crippen LogP contribution < -0.4 is 10.1 Å². The van der Waals surface area contributed by atoms with Gasteiger partial charge < -0.3 is 19.2 Å². The standard InChI is InChI=1S/C27H23NO5/c1-31-27(30)21-13-11-19(12-14-21)16-22(26(29)28-17-23-8-5-15-32-23)18-33-25-10-4-7-20-6-2-3-9-24(20)25/h2-16H,17-18H2,1H3,(H,28,29)/b22-16+. The Kier molecular flexibility index (Phi) is 6.85. The van der Waals surface area contributed by atoms with Crippen molar-refractivity contribution in [3.8, 4) is 5.75 Å². The first-order chi connectivity index (χ1) is 16.1.